The molecule has 0 aromatic heterocycles. The van der Waals surface area contributed by atoms with Gasteiger partial charge in [-0.3, -0.25) is 11.3 Å². The molecular formula is C14H20F2N2S. The summed E-state index contributed by atoms with van der Waals surface area (Å²) in [6, 6.07) is 3.73. The molecule has 1 unspecified atom stereocenters. The number of nitrogens with two attached hydrogens (primary N) is 1. The van der Waals surface area contributed by atoms with Crippen LogP contribution in [-0.2, 0) is 6.42 Å². The van der Waals surface area contributed by atoms with Gasteiger partial charge < -0.3 is 0 Å². The number of hydrazine groups is 1. The molecule has 19 heavy (non-hydrogen) atoms. The van der Waals surface area contributed by atoms with Gasteiger partial charge in [0.05, 0.1) is 0 Å². The van der Waals surface area contributed by atoms with Gasteiger partial charge >= 0.3 is 0 Å². The molecule has 1 saturated carbocycles. The molecule has 0 heterocycles. The van der Waals surface area contributed by atoms with E-state index in [1.54, 1.807) is 0 Å². The molecule has 0 amide bonds. The van der Waals surface area contributed by atoms with Gasteiger partial charge in [0, 0.05) is 23.1 Å². The molecule has 106 valence electrons. The highest BCUT2D eigenvalue weighted by molar-refractivity contribution is 7.99. The second-order valence-corrected chi connectivity index (χ2v) is 6.38. The van der Waals surface area contributed by atoms with E-state index in [0.717, 1.165) is 11.8 Å². The van der Waals surface area contributed by atoms with Gasteiger partial charge in [-0.15, -0.1) is 0 Å². The second-order valence-electron chi connectivity index (χ2n) is 5.04. The predicted molar refractivity (Wildman–Crippen MR) is 75.9 cm³/mol. The van der Waals surface area contributed by atoms with Crippen LogP contribution in [0.5, 0.6) is 0 Å². The summed E-state index contributed by atoms with van der Waals surface area (Å²) in [5.41, 5.74) is 3.25. The molecule has 0 aliphatic heterocycles. The van der Waals surface area contributed by atoms with Gasteiger partial charge in [-0.05, 0) is 30.9 Å². The van der Waals surface area contributed by atoms with Gasteiger partial charge in [0.1, 0.15) is 11.6 Å². The zero-order valence-electron chi connectivity index (χ0n) is 10.9. The molecule has 1 aromatic carbocycles. The Balaban J connectivity index is 1.86. The number of hydrogen-bond acceptors (Lipinski definition) is 3. The number of thioether (sulfide) groups is 1. The lowest BCUT2D eigenvalue weighted by atomic mass is 10.1. The Kier molecular flexibility index (Phi) is 5.60. The first-order chi connectivity index (χ1) is 9.19. The Labute approximate surface area is 117 Å². The fraction of sp³-hybridized carbons (Fsp3) is 0.571. The molecule has 1 atom stereocenters. The van der Waals surface area contributed by atoms with E-state index in [1.165, 1.54) is 37.8 Å². The van der Waals surface area contributed by atoms with E-state index in [2.05, 4.69) is 5.43 Å². The molecule has 0 bridgehead atoms. The first-order valence-electron chi connectivity index (χ1n) is 6.70. The van der Waals surface area contributed by atoms with Crippen LogP contribution in [-0.4, -0.2) is 17.0 Å². The van der Waals surface area contributed by atoms with Gasteiger partial charge in [-0.2, -0.15) is 11.8 Å². The molecule has 1 aliphatic rings. The van der Waals surface area contributed by atoms with E-state index >= 15 is 0 Å². The van der Waals surface area contributed by atoms with Crippen molar-refractivity contribution in [2.75, 3.05) is 5.75 Å². The molecular weight excluding hydrogens is 266 g/mol. The molecule has 1 fully saturated rings. The summed E-state index contributed by atoms with van der Waals surface area (Å²) in [6.07, 6.45) is 5.65. The van der Waals surface area contributed by atoms with Crippen molar-refractivity contribution in [3.8, 4) is 0 Å². The molecule has 5 heteroatoms. The van der Waals surface area contributed by atoms with Crippen molar-refractivity contribution in [2.45, 2.75) is 43.4 Å². The average molecular weight is 286 g/mol. The van der Waals surface area contributed by atoms with Crippen molar-refractivity contribution in [1.29, 1.82) is 0 Å². The Bertz CT molecular complexity index is 408. The quantitative estimate of drug-likeness (QED) is 0.623. The standard InChI is InChI=1S/C14H20F2N2S/c15-11-6-5-10(14(16)8-11)7-12(18-17)9-19-13-3-1-2-4-13/h5-6,8,12-13,18H,1-4,7,9,17H2. The Morgan fingerprint density at radius 2 is 2.05 bits per heavy atom. The molecule has 0 radical (unpaired) electrons. The van der Waals surface area contributed by atoms with Crippen molar-refractivity contribution >= 4 is 11.8 Å². The van der Waals surface area contributed by atoms with E-state index in [9.17, 15) is 8.78 Å². The third-order valence-electron chi connectivity index (χ3n) is 3.55. The predicted octanol–water partition coefficient (Wildman–Crippen LogP) is 3.02. The largest absolute Gasteiger partial charge is 0.271 e. The normalized spacial score (nSPS) is 17.8. The van der Waals surface area contributed by atoms with Crippen LogP contribution in [0, 0.1) is 11.6 Å². The Hall–Kier alpha value is -0.650. The van der Waals surface area contributed by atoms with Crippen molar-refractivity contribution in [3.05, 3.63) is 35.4 Å². The third-order valence-corrected chi connectivity index (χ3v) is 5.09. The summed E-state index contributed by atoms with van der Waals surface area (Å²) in [4.78, 5) is 0. The van der Waals surface area contributed by atoms with Crippen LogP contribution in [0.4, 0.5) is 8.78 Å². The van der Waals surface area contributed by atoms with Crippen LogP contribution in [0.1, 0.15) is 31.2 Å². The van der Waals surface area contributed by atoms with Crippen LogP contribution in [0.25, 0.3) is 0 Å². The van der Waals surface area contributed by atoms with Gasteiger partial charge in [0.25, 0.3) is 0 Å². The van der Waals surface area contributed by atoms with Gasteiger partial charge in [-0.1, -0.05) is 18.9 Å². The maximum atomic E-state index is 13.6. The zero-order chi connectivity index (χ0) is 13.7. The van der Waals surface area contributed by atoms with Crippen LogP contribution >= 0.6 is 11.8 Å². The van der Waals surface area contributed by atoms with Crippen LogP contribution in [0.3, 0.4) is 0 Å². The van der Waals surface area contributed by atoms with Gasteiger partial charge in [0.15, 0.2) is 0 Å². The molecule has 2 nitrogen and oxygen atoms in total. The lowest BCUT2D eigenvalue weighted by Crippen LogP contribution is -2.39. The van der Waals surface area contributed by atoms with Crippen LogP contribution in [0.2, 0.25) is 0 Å². The SMILES string of the molecule is NNC(CSC1CCCC1)Cc1ccc(F)cc1F. The molecule has 1 aromatic rings. The number of nitrogens with one attached hydrogen (secondary N) is 1. The minimum Gasteiger partial charge on any atom is -0.271 e. The maximum Gasteiger partial charge on any atom is 0.129 e. The lowest BCUT2D eigenvalue weighted by molar-refractivity contribution is 0.535. The minimum absolute atomic E-state index is 0.0190. The molecule has 2 rings (SSSR count). The first kappa shape index (κ1) is 14.8. The molecule has 1 aliphatic carbocycles. The highest BCUT2D eigenvalue weighted by Crippen LogP contribution is 2.30. The van der Waals surface area contributed by atoms with Crippen molar-refractivity contribution in [3.63, 3.8) is 0 Å². The summed E-state index contributed by atoms with van der Waals surface area (Å²) in [6.45, 7) is 0. The van der Waals surface area contributed by atoms with Crippen molar-refractivity contribution in [1.82, 2.24) is 5.43 Å². The number of benzene rings is 1. The fourth-order valence-corrected chi connectivity index (χ4v) is 3.81. The van der Waals surface area contributed by atoms with E-state index in [1.807, 2.05) is 11.8 Å². The van der Waals surface area contributed by atoms with E-state index in [-0.39, 0.29) is 6.04 Å². The molecule has 0 spiro atoms. The number of hydrogen-bond donors (Lipinski definition) is 2. The highest BCUT2D eigenvalue weighted by atomic mass is 32.2. The minimum atomic E-state index is -0.543. The van der Waals surface area contributed by atoms with Gasteiger partial charge in [-0.25, -0.2) is 8.78 Å². The highest BCUT2D eigenvalue weighted by Gasteiger charge is 2.18. The zero-order valence-corrected chi connectivity index (χ0v) is 11.7. The monoisotopic (exact) mass is 286 g/mol. The Morgan fingerprint density at radius 3 is 2.68 bits per heavy atom. The van der Waals surface area contributed by atoms with Crippen LogP contribution in [0.15, 0.2) is 18.2 Å². The maximum absolute atomic E-state index is 13.6. The van der Waals surface area contributed by atoms with Crippen molar-refractivity contribution < 1.29 is 8.78 Å². The first-order valence-corrected chi connectivity index (χ1v) is 7.75. The Morgan fingerprint density at radius 1 is 1.32 bits per heavy atom. The summed E-state index contributed by atoms with van der Waals surface area (Å²) in [5, 5.41) is 0.717. The lowest BCUT2D eigenvalue weighted by Gasteiger charge is -2.18. The third kappa shape index (κ3) is 4.44. The van der Waals surface area contributed by atoms with E-state index in [4.69, 9.17) is 5.84 Å². The fourth-order valence-electron chi connectivity index (χ4n) is 2.43. The van der Waals surface area contributed by atoms with Crippen molar-refractivity contribution in [2.24, 2.45) is 5.84 Å². The summed E-state index contributed by atoms with van der Waals surface area (Å²) in [7, 11) is 0. The average Bonchev–Trinajstić information content (AvgIpc) is 2.90. The number of halogens is 2. The van der Waals surface area contributed by atoms with E-state index in [0.29, 0.717) is 17.2 Å². The van der Waals surface area contributed by atoms with Crippen LogP contribution < -0.4 is 11.3 Å². The van der Waals surface area contributed by atoms with Gasteiger partial charge in [0.2, 0.25) is 0 Å². The molecule has 0 saturated heterocycles. The topological polar surface area (TPSA) is 38.0 Å². The number of rotatable bonds is 6. The van der Waals surface area contributed by atoms with E-state index < -0.39 is 11.6 Å². The summed E-state index contributed by atoms with van der Waals surface area (Å²) in [5.74, 6) is 5.35. The summed E-state index contributed by atoms with van der Waals surface area (Å²) >= 11 is 1.91. The molecule has 3 N–H and O–H groups in total. The second kappa shape index (κ2) is 7.22. The smallest absolute Gasteiger partial charge is 0.129 e. The summed E-state index contributed by atoms with van der Waals surface area (Å²) < 4.78 is 26.4.